The van der Waals surface area contributed by atoms with Crippen molar-refractivity contribution >= 4 is 17.4 Å². The van der Waals surface area contributed by atoms with Gasteiger partial charge in [0.2, 0.25) is 0 Å². The Morgan fingerprint density at radius 2 is 1.73 bits per heavy atom. The standard InChI is InChI=1S/C25H27N5O3/c1-4-22-18(3)26-23(20-7-5-6-17(2)16-20)27-24(22)28-12-14-29(15-13-28)25(31)19-8-10-21(11-9-19)30(32)33/h5-11,16H,4,12-15H2,1-3H3. The summed E-state index contributed by atoms with van der Waals surface area (Å²) in [5, 5.41) is 10.9. The summed E-state index contributed by atoms with van der Waals surface area (Å²) in [5.74, 6) is 1.54. The number of piperazine rings is 1. The van der Waals surface area contributed by atoms with Crippen LogP contribution in [0.2, 0.25) is 0 Å². The number of nitrogens with zero attached hydrogens (tertiary/aromatic N) is 5. The van der Waals surface area contributed by atoms with Crippen LogP contribution in [0.3, 0.4) is 0 Å². The first-order valence-electron chi connectivity index (χ1n) is 11.1. The number of benzene rings is 2. The van der Waals surface area contributed by atoms with Gasteiger partial charge in [0.25, 0.3) is 11.6 Å². The van der Waals surface area contributed by atoms with Crippen molar-refractivity contribution in [3.8, 4) is 11.4 Å². The van der Waals surface area contributed by atoms with Gasteiger partial charge in [-0.2, -0.15) is 0 Å². The molecule has 0 atom stereocenters. The fourth-order valence-corrected chi connectivity index (χ4v) is 4.20. The molecule has 0 bridgehead atoms. The topological polar surface area (TPSA) is 92.5 Å². The van der Waals surface area contributed by atoms with Crippen LogP contribution in [0.4, 0.5) is 11.5 Å². The van der Waals surface area contributed by atoms with E-state index in [-0.39, 0.29) is 11.6 Å². The quantitative estimate of drug-likeness (QED) is 0.432. The Bertz CT molecular complexity index is 1190. The third-order valence-electron chi connectivity index (χ3n) is 6.01. The van der Waals surface area contributed by atoms with Gasteiger partial charge in [-0.25, -0.2) is 9.97 Å². The van der Waals surface area contributed by atoms with Gasteiger partial charge < -0.3 is 9.80 Å². The second-order valence-electron chi connectivity index (χ2n) is 8.24. The lowest BCUT2D eigenvalue weighted by molar-refractivity contribution is -0.384. The van der Waals surface area contributed by atoms with Gasteiger partial charge in [-0.1, -0.05) is 30.7 Å². The molecular weight excluding hydrogens is 418 g/mol. The predicted molar refractivity (Wildman–Crippen MR) is 128 cm³/mol. The second-order valence-corrected chi connectivity index (χ2v) is 8.24. The van der Waals surface area contributed by atoms with Gasteiger partial charge in [0.1, 0.15) is 5.82 Å². The van der Waals surface area contributed by atoms with E-state index >= 15 is 0 Å². The Kier molecular flexibility index (Phi) is 6.35. The molecule has 1 aromatic heterocycles. The molecule has 8 heteroatoms. The van der Waals surface area contributed by atoms with E-state index in [2.05, 4.69) is 30.9 Å². The number of carbonyl (C=O) groups is 1. The van der Waals surface area contributed by atoms with Crippen molar-refractivity contribution in [3.05, 3.63) is 81.0 Å². The number of aromatic nitrogens is 2. The Balaban J connectivity index is 1.53. The maximum Gasteiger partial charge on any atom is 0.269 e. The molecule has 1 saturated heterocycles. The average molecular weight is 446 g/mol. The van der Waals surface area contributed by atoms with Gasteiger partial charge in [0, 0.05) is 60.7 Å². The van der Waals surface area contributed by atoms with E-state index in [1.807, 2.05) is 19.1 Å². The van der Waals surface area contributed by atoms with Crippen LogP contribution in [0, 0.1) is 24.0 Å². The van der Waals surface area contributed by atoms with E-state index in [1.54, 1.807) is 4.90 Å². The fourth-order valence-electron chi connectivity index (χ4n) is 4.20. The molecule has 0 saturated carbocycles. The second kappa shape index (κ2) is 9.36. The minimum atomic E-state index is -0.465. The average Bonchev–Trinajstić information content (AvgIpc) is 2.83. The number of non-ortho nitro benzene ring substituents is 1. The fraction of sp³-hybridized carbons (Fsp3) is 0.320. The molecule has 0 aliphatic carbocycles. The van der Waals surface area contributed by atoms with Crippen molar-refractivity contribution in [2.45, 2.75) is 27.2 Å². The van der Waals surface area contributed by atoms with Crippen molar-refractivity contribution in [2.75, 3.05) is 31.1 Å². The molecule has 1 fully saturated rings. The van der Waals surface area contributed by atoms with Gasteiger partial charge in [-0.3, -0.25) is 14.9 Å². The summed E-state index contributed by atoms with van der Waals surface area (Å²) in [4.78, 5) is 37.0. The van der Waals surface area contributed by atoms with Crippen LogP contribution in [0.5, 0.6) is 0 Å². The number of aryl methyl sites for hydroxylation is 2. The van der Waals surface area contributed by atoms with Gasteiger partial charge in [0.05, 0.1) is 4.92 Å². The van der Waals surface area contributed by atoms with E-state index in [1.165, 1.54) is 24.3 Å². The van der Waals surface area contributed by atoms with Gasteiger partial charge >= 0.3 is 0 Å². The van der Waals surface area contributed by atoms with Crippen LogP contribution in [-0.4, -0.2) is 51.9 Å². The monoisotopic (exact) mass is 445 g/mol. The Morgan fingerprint density at radius 3 is 2.33 bits per heavy atom. The maximum absolute atomic E-state index is 12.9. The van der Waals surface area contributed by atoms with E-state index in [0.29, 0.717) is 37.6 Å². The molecule has 0 radical (unpaired) electrons. The molecule has 0 spiro atoms. The van der Waals surface area contributed by atoms with Crippen LogP contribution in [0.1, 0.15) is 34.1 Å². The van der Waals surface area contributed by atoms with Crippen molar-refractivity contribution in [3.63, 3.8) is 0 Å². The number of hydrogen-bond donors (Lipinski definition) is 0. The zero-order valence-corrected chi connectivity index (χ0v) is 19.1. The summed E-state index contributed by atoms with van der Waals surface area (Å²) < 4.78 is 0. The third kappa shape index (κ3) is 4.69. The van der Waals surface area contributed by atoms with Gasteiger partial charge in [-0.15, -0.1) is 0 Å². The lowest BCUT2D eigenvalue weighted by Crippen LogP contribution is -2.49. The molecule has 2 heterocycles. The molecule has 33 heavy (non-hydrogen) atoms. The molecular formula is C25H27N5O3. The van der Waals surface area contributed by atoms with E-state index in [9.17, 15) is 14.9 Å². The first-order chi connectivity index (χ1) is 15.9. The van der Waals surface area contributed by atoms with Gasteiger partial charge in [0.15, 0.2) is 5.82 Å². The molecule has 8 nitrogen and oxygen atoms in total. The van der Waals surface area contributed by atoms with Crippen molar-refractivity contribution < 1.29 is 9.72 Å². The first-order valence-corrected chi connectivity index (χ1v) is 11.1. The predicted octanol–water partition coefficient (Wildman–Crippen LogP) is 4.19. The molecule has 1 amide bonds. The Morgan fingerprint density at radius 1 is 1.03 bits per heavy atom. The summed E-state index contributed by atoms with van der Waals surface area (Å²) in [5.41, 5.74) is 4.70. The minimum absolute atomic E-state index is 0.0213. The smallest absolute Gasteiger partial charge is 0.269 e. The summed E-state index contributed by atoms with van der Waals surface area (Å²) >= 11 is 0. The highest BCUT2D eigenvalue weighted by Crippen LogP contribution is 2.27. The highest BCUT2D eigenvalue weighted by Gasteiger charge is 2.25. The lowest BCUT2D eigenvalue weighted by Gasteiger charge is -2.36. The molecule has 0 unspecified atom stereocenters. The summed E-state index contributed by atoms with van der Waals surface area (Å²) in [6, 6.07) is 14.0. The van der Waals surface area contributed by atoms with Crippen molar-refractivity contribution in [2.24, 2.45) is 0 Å². The number of rotatable bonds is 5. The largest absolute Gasteiger partial charge is 0.353 e. The normalized spacial score (nSPS) is 13.8. The number of amides is 1. The Labute approximate surface area is 193 Å². The highest BCUT2D eigenvalue weighted by atomic mass is 16.6. The van der Waals surface area contributed by atoms with Crippen LogP contribution >= 0.6 is 0 Å². The minimum Gasteiger partial charge on any atom is -0.353 e. The molecule has 2 aromatic carbocycles. The van der Waals surface area contributed by atoms with Crippen LogP contribution in [0.15, 0.2) is 48.5 Å². The van der Waals surface area contributed by atoms with Gasteiger partial charge in [-0.05, 0) is 38.5 Å². The number of nitro groups is 1. The molecule has 1 aliphatic heterocycles. The zero-order valence-electron chi connectivity index (χ0n) is 19.1. The summed E-state index contributed by atoms with van der Waals surface area (Å²) in [6.07, 6.45) is 0.831. The van der Waals surface area contributed by atoms with E-state index in [0.717, 1.165) is 34.6 Å². The number of nitro benzene ring substituents is 1. The molecule has 3 aromatic rings. The number of anilines is 1. The number of carbonyl (C=O) groups excluding carboxylic acids is 1. The SMILES string of the molecule is CCc1c(C)nc(-c2cccc(C)c2)nc1N1CCN(C(=O)c2ccc([N+](=O)[O-])cc2)CC1. The third-order valence-corrected chi connectivity index (χ3v) is 6.01. The van der Waals surface area contributed by atoms with Crippen molar-refractivity contribution in [1.29, 1.82) is 0 Å². The first kappa shape index (κ1) is 22.4. The Hall–Kier alpha value is -3.81. The maximum atomic E-state index is 12.9. The molecule has 170 valence electrons. The zero-order chi connectivity index (χ0) is 23.5. The van der Waals surface area contributed by atoms with Crippen molar-refractivity contribution in [1.82, 2.24) is 14.9 Å². The summed E-state index contributed by atoms with van der Waals surface area (Å²) in [7, 11) is 0. The van der Waals surface area contributed by atoms with E-state index in [4.69, 9.17) is 9.97 Å². The highest BCUT2D eigenvalue weighted by molar-refractivity contribution is 5.94. The molecule has 4 rings (SSSR count). The van der Waals surface area contributed by atoms with Crippen LogP contribution in [0.25, 0.3) is 11.4 Å². The van der Waals surface area contributed by atoms with E-state index < -0.39 is 4.92 Å². The molecule has 0 N–H and O–H groups in total. The summed E-state index contributed by atoms with van der Waals surface area (Å²) in [6.45, 7) is 8.63. The van der Waals surface area contributed by atoms with Crippen LogP contribution in [-0.2, 0) is 6.42 Å². The molecule has 1 aliphatic rings. The lowest BCUT2D eigenvalue weighted by atomic mass is 10.1. The number of hydrogen-bond acceptors (Lipinski definition) is 6. The van der Waals surface area contributed by atoms with Crippen LogP contribution < -0.4 is 4.90 Å².